The first-order valence-electron chi connectivity index (χ1n) is 8.29. The lowest BCUT2D eigenvalue weighted by Gasteiger charge is -2.24. The van der Waals surface area contributed by atoms with Crippen molar-refractivity contribution in [2.24, 2.45) is 5.92 Å². The molecule has 6 heteroatoms. The molecule has 0 aromatic carbocycles. The minimum atomic E-state index is 0.00293. The predicted molar refractivity (Wildman–Crippen MR) is 88.5 cm³/mol. The van der Waals surface area contributed by atoms with Gasteiger partial charge in [-0.25, -0.2) is 9.78 Å². The Kier molecular flexibility index (Phi) is 5.12. The summed E-state index contributed by atoms with van der Waals surface area (Å²) in [6.07, 6.45) is 5.77. The average molecular weight is 316 g/mol. The number of nitrogens with zero attached hydrogens (tertiary/aromatic N) is 3. The van der Waals surface area contributed by atoms with Crippen LogP contribution in [0, 0.1) is 5.92 Å². The molecule has 3 rings (SSSR count). The summed E-state index contributed by atoms with van der Waals surface area (Å²) in [5.74, 6) is 0.471. The van der Waals surface area contributed by atoms with Gasteiger partial charge in [0.05, 0.1) is 12.3 Å². The molecule has 23 heavy (non-hydrogen) atoms. The van der Waals surface area contributed by atoms with Crippen LogP contribution in [0.2, 0.25) is 0 Å². The third kappa shape index (κ3) is 4.01. The molecule has 0 unspecified atom stereocenters. The first-order chi connectivity index (χ1) is 11.3. The fourth-order valence-corrected chi connectivity index (χ4v) is 2.91. The van der Waals surface area contributed by atoms with E-state index in [2.05, 4.69) is 10.3 Å². The summed E-state index contributed by atoms with van der Waals surface area (Å²) in [7, 11) is 0. The van der Waals surface area contributed by atoms with Gasteiger partial charge in [0.2, 0.25) is 0 Å². The molecule has 2 aromatic heterocycles. The average Bonchev–Trinajstić information content (AvgIpc) is 3.21. The molecule has 1 saturated heterocycles. The summed E-state index contributed by atoms with van der Waals surface area (Å²) in [6.45, 7) is 5.69. The molecule has 0 saturated carbocycles. The number of urea groups is 1. The molecule has 6 nitrogen and oxygen atoms in total. The zero-order chi connectivity index (χ0) is 16.1. The molecule has 1 atom stereocenters. The number of amides is 2. The number of aromatic nitrogens is 2. The van der Waals surface area contributed by atoms with Gasteiger partial charge >= 0.3 is 6.03 Å². The monoisotopic (exact) mass is 316 g/mol. The van der Waals surface area contributed by atoms with Crippen LogP contribution in [0.15, 0.2) is 30.6 Å². The van der Waals surface area contributed by atoms with E-state index in [1.807, 2.05) is 46.8 Å². The Hall–Kier alpha value is -2.08. The van der Waals surface area contributed by atoms with E-state index < -0.39 is 0 Å². The molecule has 0 bridgehead atoms. The van der Waals surface area contributed by atoms with Crippen molar-refractivity contribution in [3.8, 4) is 0 Å². The predicted octanol–water partition coefficient (Wildman–Crippen LogP) is 1.94. The number of carbonyl (C=O) groups is 1. The highest BCUT2D eigenvalue weighted by Crippen LogP contribution is 2.13. The topological polar surface area (TPSA) is 58.9 Å². The maximum atomic E-state index is 12.3. The van der Waals surface area contributed by atoms with Crippen molar-refractivity contribution in [3.63, 3.8) is 0 Å². The highest BCUT2D eigenvalue weighted by atomic mass is 16.5. The zero-order valence-electron chi connectivity index (χ0n) is 13.6. The van der Waals surface area contributed by atoms with Crippen molar-refractivity contribution in [3.05, 3.63) is 36.3 Å². The molecular formula is C17H24N4O2. The fraction of sp³-hybridized carbons (Fsp3) is 0.529. The Morgan fingerprint density at radius 1 is 1.52 bits per heavy atom. The third-order valence-corrected chi connectivity index (χ3v) is 4.24. The van der Waals surface area contributed by atoms with Crippen LogP contribution in [-0.4, -0.2) is 53.2 Å². The summed E-state index contributed by atoms with van der Waals surface area (Å²) >= 11 is 0. The minimum Gasteiger partial charge on any atom is -0.381 e. The SMILES string of the molecule is CCN(C[C@H]1CCOC1)C(=O)NCCc1cn2ccccc2n1. The maximum absolute atomic E-state index is 12.3. The van der Waals surface area contributed by atoms with Crippen LogP contribution in [0.4, 0.5) is 4.79 Å². The Bertz CT molecular complexity index is 616. The number of ether oxygens (including phenoxy) is 1. The quantitative estimate of drug-likeness (QED) is 0.886. The van der Waals surface area contributed by atoms with E-state index in [1.54, 1.807) is 0 Å². The van der Waals surface area contributed by atoms with Crippen LogP contribution in [0.1, 0.15) is 19.0 Å². The van der Waals surface area contributed by atoms with E-state index in [9.17, 15) is 4.79 Å². The van der Waals surface area contributed by atoms with Gasteiger partial charge in [-0.15, -0.1) is 0 Å². The van der Waals surface area contributed by atoms with Crippen LogP contribution >= 0.6 is 0 Å². The van der Waals surface area contributed by atoms with Gasteiger partial charge in [0, 0.05) is 51.0 Å². The Balaban J connectivity index is 1.47. The minimum absolute atomic E-state index is 0.00293. The second kappa shape index (κ2) is 7.46. The molecule has 2 aromatic rings. The Morgan fingerprint density at radius 3 is 3.17 bits per heavy atom. The van der Waals surface area contributed by atoms with Gasteiger partial charge in [0.1, 0.15) is 5.65 Å². The van der Waals surface area contributed by atoms with Gasteiger partial charge in [0.15, 0.2) is 0 Å². The normalized spacial score (nSPS) is 17.5. The van der Waals surface area contributed by atoms with Gasteiger partial charge in [-0.3, -0.25) is 0 Å². The van der Waals surface area contributed by atoms with Crippen molar-refractivity contribution in [1.29, 1.82) is 0 Å². The molecule has 1 aliphatic rings. The summed E-state index contributed by atoms with van der Waals surface area (Å²) in [5, 5.41) is 3.00. The number of carbonyl (C=O) groups excluding carboxylic acids is 1. The van der Waals surface area contributed by atoms with Crippen LogP contribution in [0.3, 0.4) is 0 Å². The van der Waals surface area contributed by atoms with Crippen LogP contribution in [0.5, 0.6) is 0 Å². The summed E-state index contributed by atoms with van der Waals surface area (Å²) < 4.78 is 7.38. The number of hydrogen-bond donors (Lipinski definition) is 1. The molecule has 0 aliphatic carbocycles. The van der Waals surface area contributed by atoms with Gasteiger partial charge in [-0.2, -0.15) is 0 Å². The van der Waals surface area contributed by atoms with Crippen LogP contribution in [-0.2, 0) is 11.2 Å². The highest BCUT2D eigenvalue weighted by molar-refractivity contribution is 5.74. The lowest BCUT2D eigenvalue weighted by atomic mass is 10.1. The van der Waals surface area contributed by atoms with E-state index >= 15 is 0 Å². The molecule has 0 spiro atoms. The highest BCUT2D eigenvalue weighted by Gasteiger charge is 2.21. The smallest absolute Gasteiger partial charge is 0.317 e. The van der Waals surface area contributed by atoms with Crippen molar-refractivity contribution in [2.45, 2.75) is 19.8 Å². The maximum Gasteiger partial charge on any atom is 0.317 e. The van der Waals surface area contributed by atoms with Crippen molar-refractivity contribution >= 4 is 11.7 Å². The number of hydrogen-bond acceptors (Lipinski definition) is 3. The first kappa shape index (κ1) is 15.8. The third-order valence-electron chi connectivity index (χ3n) is 4.24. The first-order valence-corrected chi connectivity index (χ1v) is 8.29. The zero-order valence-corrected chi connectivity index (χ0v) is 13.6. The number of imidazole rings is 1. The van der Waals surface area contributed by atoms with E-state index in [0.717, 1.165) is 50.5 Å². The van der Waals surface area contributed by atoms with Crippen LogP contribution in [0.25, 0.3) is 5.65 Å². The second-order valence-corrected chi connectivity index (χ2v) is 5.95. The van der Waals surface area contributed by atoms with Crippen molar-refractivity contribution < 1.29 is 9.53 Å². The van der Waals surface area contributed by atoms with Crippen molar-refractivity contribution in [2.75, 3.05) is 32.8 Å². The van der Waals surface area contributed by atoms with Gasteiger partial charge in [-0.05, 0) is 25.5 Å². The summed E-state index contributed by atoms with van der Waals surface area (Å²) in [6, 6.07) is 5.93. The number of nitrogens with one attached hydrogen (secondary N) is 1. The van der Waals surface area contributed by atoms with Gasteiger partial charge < -0.3 is 19.4 Å². The van der Waals surface area contributed by atoms with E-state index in [0.29, 0.717) is 12.5 Å². The molecule has 3 heterocycles. The number of rotatable bonds is 6. The Labute approximate surface area is 136 Å². The summed E-state index contributed by atoms with van der Waals surface area (Å²) in [4.78, 5) is 18.7. The molecule has 1 N–H and O–H groups in total. The molecule has 124 valence electrons. The lowest BCUT2D eigenvalue weighted by Crippen LogP contribution is -2.43. The van der Waals surface area contributed by atoms with Crippen LogP contribution < -0.4 is 5.32 Å². The van der Waals surface area contributed by atoms with Crippen molar-refractivity contribution in [1.82, 2.24) is 19.6 Å². The van der Waals surface area contributed by atoms with Gasteiger partial charge in [0.25, 0.3) is 0 Å². The molecule has 2 amide bonds. The second-order valence-electron chi connectivity index (χ2n) is 5.95. The lowest BCUT2D eigenvalue weighted by molar-refractivity contribution is 0.166. The van der Waals surface area contributed by atoms with E-state index in [-0.39, 0.29) is 6.03 Å². The molecule has 0 radical (unpaired) electrons. The van der Waals surface area contributed by atoms with E-state index in [4.69, 9.17) is 4.74 Å². The van der Waals surface area contributed by atoms with E-state index in [1.165, 1.54) is 0 Å². The molecular weight excluding hydrogens is 292 g/mol. The molecule has 1 fully saturated rings. The van der Waals surface area contributed by atoms with Gasteiger partial charge in [-0.1, -0.05) is 6.07 Å². The number of fused-ring (bicyclic) bond motifs is 1. The largest absolute Gasteiger partial charge is 0.381 e. The Morgan fingerprint density at radius 2 is 2.43 bits per heavy atom. The fourth-order valence-electron chi connectivity index (χ4n) is 2.91. The summed E-state index contributed by atoms with van der Waals surface area (Å²) in [5.41, 5.74) is 1.92. The number of pyridine rings is 1. The molecule has 1 aliphatic heterocycles. The standard InChI is InChI=1S/C17H24N4O2/c1-2-20(11-14-7-10-23-13-14)17(22)18-8-6-15-12-21-9-4-3-5-16(21)19-15/h3-5,9,12,14H,2,6-8,10-11,13H2,1H3,(H,18,22)/t14-/m1/s1.